The lowest BCUT2D eigenvalue weighted by Crippen LogP contribution is -2.27. The van der Waals surface area contributed by atoms with E-state index < -0.39 is 0 Å². The molecule has 5 heteroatoms. The van der Waals surface area contributed by atoms with E-state index in [1.165, 1.54) is 0 Å². The summed E-state index contributed by atoms with van der Waals surface area (Å²) in [6.07, 6.45) is 2.31. The van der Waals surface area contributed by atoms with E-state index in [2.05, 4.69) is 34.8 Å². The van der Waals surface area contributed by atoms with Crippen LogP contribution >= 0.6 is 0 Å². The fourth-order valence-corrected chi connectivity index (χ4v) is 2.19. The van der Waals surface area contributed by atoms with E-state index >= 15 is 0 Å². The van der Waals surface area contributed by atoms with E-state index in [0.29, 0.717) is 19.0 Å². The van der Waals surface area contributed by atoms with Crippen molar-refractivity contribution in [3.05, 3.63) is 11.3 Å². The number of anilines is 1. The van der Waals surface area contributed by atoms with E-state index in [1.54, 1.807) is 0 Å². The molecule has 0 atom stereocenters. The Kier molecular flexibility index (Phi) is 6.78. The van der Waals surface area contributed by atoms with Gasteiger partial charge in [0.15, 0.2) is 0 Å². The van der Waals surface area contributed by atoms with Crippen LogP contribution in [0, 0.1) is 18.3 Å². The number of rotatable bonds is 8. The summed E-state index contributed by atoms with van der Waals surface area (Å²) < 4.78 is 5.45. The highest BCUT2D eigenvalue weighted by Gasteiger charge is 2.16. The highest BCUT2D eigenvalue weighted by Crippen LogP contribution is 2.24. The SMILES string of the molecule is CCOc1nc(C)c(CC)c(N(CC)CCCC#N)n1. The van der Waals surface area contributed by atoms with Crippen LogP contribution in [0.4, 0.5) is 5.82 Å². The quantitative estimate of drug-likeness (QED) is 0.683. The minimum atomic E-state index is 0.441. The van der Waals surface area contributed by atoms with Crippen LogP contribution in [0.3, 0.4) is 0 Å². The number of aryl methyl sites for hydroxylation is 1. The molecule has 0 aromatic carbocycles. The minimum Gasteiger partial charge on any atom is -0.464 e. The van der Waals surface area contributed by atoms with E-state index in [4.69, 9.17) is 10.00 Å². The summed E-state index contributed by atoms with van der Waals surface area (Å²) in [5.41, 5.74) is 2.13. The second kappa shape index (κ2) is 8.36. The van der Waals surface area contributed by atoms with Gasteiger partial charge in [-0.2, -0.15) is 10.2 Å². The molecule has 0 aliphatic carbocycles. The zero-order valence-corrected chi connectivity index (χ0v) is 12.9. The molecule has 0 bridgehead atoms. The Labute approximate surface area is 121 Å². The van der Waals surface area contributed by atoms with E-state index in [1.807, 2.05) is 13.8 Å². The molecule has 0 fully saturated rings. The van der Waals surface area contributed by atoms with Crippen LogP contribution in [-0.4, -0.2) is 29.7 Å². The maximum absolute atomic E-state index is 8.67. The molecule has 1 rings (SSSR count). The normalized spacial score (nSPS) is 10.2. The third kappa shape index (κ3) is 4.09. The van der Waals surface area contributed by atoms with E-state index in [9.17, 15) is 0 Å². The highest BCUT2D eigenvalue weighted by atomic mass is 16.5. The van der Waals surface area contributed by atoms with Crippen molar-refractivity contribution in [2.75, 3.05) is 24.6 Å². The van der Waals surface area contributed by atoms with Gasteiger partial charge in [-0.25, -0.2) is 4.98 Å². The molecule has 0 spiro atoms. The maximum Gasteiger partial charge on any atom is 0.318 e. The van der Waals surface area contributed by atoms with Crippen molar-refractivity contribution in [2.24, 2.45) is 0 Å². The predicted octanol–water partition coefficient (Wildman–Crippen LogP) is 2.88. The molecule has 0 N–H and O–H groups in total. The number of hydrogen-bond donors (Lipinski definition) is 0. The summed E-state index contributed by atoms with van der Waals surface area (Å²) in [6, 6.07) is 2.63. The summed E-state index contributed by atoms with van der Waals surface area (Å²) in [7, 11) is 0. The second-order valence-electron chi connectivity index (χ2n) is 4.52. The Morgan fingerprint density at radius 2 is 2.00 bits per heavy atom. The van der Waals surface area contributed by atoms with Crippen molar-refractivity contribution in [1.29, 1.82) is 5.26 Å². The number of ether oxygens (including phenoxy) is 1. The van der Waals surface area contributed by atoms with E-state index in [-0.39, 0.29) is 0 Å². The lowest BCUT2D eigenvalue weighted by Gasteiger charge is -2.25. The van der Waals surface area contributed by atoms with Crippen LogP contribution in [0.25, 0.3) is 0 Å². The van der Waals surface area contributed by atoms with Crippen molar-refractivity contribution in [2.45, 2.75) is 47.0 Å². The maximum atomic E-state index is 8.67. The van der Waals surface area contributed by atoms with Gasteiger partial charge in [0.05, 0.1) is 12.7 Å². The van der Waals surface area contributed by atoms with Gasteiger partial charge >= 0.3 is 6.01 Å². The van der Waals surface area contributed by atoms with Gasteiger partial charge in [-0.3, -0.25) is 0 Å². The Hall–Kier alpha value is -1.83. The number of aromatic nitrogens is 2. The zero-order chi connectivity index (χ0) is 15.0. The van der Waals surface area contributed by atoms with Crippen LogP contribution in [0.15, 0.2) is 0 Å². The largest absolute Gasteiger partial charge is 0.464 e. The van der Waals surface area contributed by atoms with Gasteiger partial charge in [0.25, 0.3) is 0 Å². The summed E-state index contributed by atoms with van der Waals surface area (Å²) in [5.74, 6) is 0.948. The zero-order valence-electron chi connectivity index (χ0n) is 12.9. The topological polar surface area (TPSA) is 62.0 Å². The van der Waals surface area contributed by atoms with Gasteiger partial charge in [0, 0.05) is 30.8 Å². The molecule has 5 nitrogen and oxygen atoms in total. The molecular weight excluding hydrogens is 252 g/mol. The standard InChI is InChI=1S/C15H24N4O/c1-5-13-12(4)17-15(20-7-3)18-14(13)19(6-2)11-9-8-10-16/h5-9,11H2,1-4H3. The molecule has 1 aromatic heterocycles. The lowest BCUT2D eigenvalue weighted by molar-refractivity contribution is 0.311. The third-order valence-corrected chi connectivity index (χ3v) is 3.20. The smallest absolute Gasteiger partial charge is 0.318 e. The van der Waals surface area contributed by atoms with Crippen molar-refractivity contribution in [1.82, 2.24) is 9.97 Å². The minimum absolute atomic E-state index is 0.441. The van der Waals surface area contributed by atoms with Crippen molar-refractivity contribution in [3.63, 3.8) is 0 Å². The summed E-state index contributed by atoms with van der Waals surface area (Å²) in [6.45, 7) is 10.4. The first-order valence-electron chi connectivity index (χ1n) is 7.30. The number of nitriles is 1. The number of unbranched alkanes of at least 4 members (excludes halogenated alkanes) is 1. The van der Waals surface area contributed by atoms with Crippen molar-refractivity contribution >= 4 is 5.82 Å². The molecule has 0 aliphatic rings. The van der Waals surface area contributed by atoms with Crippen molar-refractivity contribution < 1.29 is 4.74 Å². The van der Waals surface area contributed by atoms with Crippen LogP contribution in [-0.2, 0) is 6.42 Å². The molecule has 1 heterocycles. The molecular formula is C15H24N4O. The van der Waals surface area contributed by atoms with Gasteiger partial charge < -0.3 is 9.64 Å². The average Bonchev–Trinajstić information content (AvgIpc) is 2.43. The van der Waals surface area contributed by atoms with Gasteiger partial charge in [-0.05, 0) is 33.6 Å². The third-order valence-electron chi connectivity index (χ3n) is 3.20. The predicted molar refractivity (Wildman–Crippen MR) is 80.1 cm³/mol. The molecule has 0 radical (unpaired) electrons. The van der Waals surface area contributed by atoms with Gasteiger partial charge in [0.2, 0.25) is 0 Å². The molecule has 110 valence electrons. The van der Waals surface area contributed by atoms with Crippen LogP contribution < -0.4 is 9.64 Å². The second-order valence-corrected chi connectivity index (χ2v) is 4.52. The Morgan fingerprint density at radius 3 is 2.55 bits per heavy atom. The van der Waals surface area contributed by atoms with Crippen LogP contribution in [0.1, 0.15) is 44.9 Å². The molecule has 0 unspecified atom stereocenters. The van der Waals surface area contributed by atoms with Crippen molar-refractivity contribution in [3.8, 4) is 12.1 Å². The molecule has 1 aromatic rings. The van der Waals surface area contributed by atoms with Gasteiger partial charge in [-0.15, -0.1) is 0 Å². The van der Waals surface area contributed by atoms with Crippen LogP contribution in [0.5, 0.6) is 6.01 Å². The van der Waals surface area contributed by atoms with E-state index in [0.717, 1.165) is 43.0 Å². The van der Waals surface area contributed by atoms with Crippen LogP contribution in [0.2, 0.25) is 0 Å². The first kappa shape index (κ1) is 16.2. The summed E-state index contributed by atoms with van der Waals surface area (Å²) in [5, 5.41) is 8.67. The first-order chi connectivity index (χ1) is 9.67. The first-order valence-corrected chi connectivity index (χ1v) is 7.30. The molecule has 20 heavy (non-hydrogen) atoms. The molecule has 0 amide bonds. The average molecular weight is 276 g/mol. The number of nitrogens with zero attached hydrogens (tertiary/aromatic N) is 4. The Bertz CT molecular complexity index is 468. The molecule has 0 aliphatic heterocycles. The monoisotopic (exact) mass is 276 g/mol. The fraction of sp³-hybridized carbons (Fsp3) is 0.667. The number of hydrogen-bond acceptors (Lipinski definition) is 5. The van der Waals surface area contributed by atoms with Gasteiger partial charge in [-0.1, -0.05) is 6.92 Å². The lowest BCUT2D eigenvalue weighted by atomic mass is 10.1. The highest BCUT2D eigenvalue weighted by molar-refractivity contribution is 5.49. The fourth-order valence-electron chi connectivity index (χ4n) is 2.19. The summed E-state index contributed by atoms with van der Waals surface area (Å²) >= 11 is 0. The Morgan fingerprint density at radius 1 is 1.25 bits per heavy atom. The summed E-state index contributed by atoms with van der Waals surface area (Å²) in [4.78, 5) is 11.2. The van der Waals surface area contributed by atoms with Gasteiger partial charge in [0.1, 0.15) is 5.82 Å². The Balaban J connectivity index is 3.07. The molecule has 0 saturated heterocycles. The molecule has 0 saturated carbocycles.